The third-order valence-electron chi connectivity index (χ3n) is 3.77. The molecule has 114 valence electrons. The number of hydrogen-bond donors (Lipinski definition) is 0. The van der Waals surface area contributed by atoms with Crippen molar-refractivity contribution in [2.45, 2.75) is 25.8 Å². The summed E-state index contributed by atoms with van der Waals surface area (Å²) in [5, 5.41) is 14.0. The molecule has 0 unspecified atom stereocenters. The highest BCUT2D eigenvalue weighted by Crippen LogP contribution is 2.35. The Labute approximate surface area is 131 Å². The maximum Gasteiger partial charge on any atom is 0.282 e. The Bertz CT molecular complexity index is 728. The van der Waals surface area contributed by atoms with E-state index in [1.807, 2.05) is 12.3 Å². The lowest BCUT2D eigenvalue weighted by Crippen LogP contribution is -2.31. The van der Waals surface area contributed by atoms with Crippen LogP contribution in [0.4, 0.5) is 5.69 Å². The van der Waals surface area contributed by atoms with Gasteiger partial charge in [0.1, 0.15) is 10.6 Å². The van der Waals surface area contributed by atoms with Crippen molar-refractivity contribution < 1.29 is 9.72 Å². The fraction of sp³-hybridized carbons (Fsp3) is 0.333. The van der Waals surface area contributed by atoms with Crippen molar-refractivity contribution in [3.63, 3.8) is 0 Å². The highest BCUT2D eigenvalue weighted by atomic mass is 32.1. The highest BCUT2D eigenvalue weighted by Gasteiger charge is 2.34. The van der Waals surface area contributed by atoms with E-state index in [1.165, 1.54) is 23.5 Å². The van der Waals surface area contributed by atoms with Crippen LogP contribution in [-0.4, -0.2) is 27.3 Å². The number of thiazole rings is 1. The molecule has 1 fully saturated rings. The van der Waals surface area contributed by atoms with Crippen LogP contribution in [0.2, 0.25) is 0 Å². The van der Waals surface area contributed by atoms with E-state index < -0.39 is 4.92 Å². The van der Waals surface area contributed by atoms with Crippen LogP contribution in [0.15, 0.2) is 29.6 Å². The summed E-state index contributed by atoms with van der Waals surface area (Å²) in [6, 6.07) is 6.03. The van der Waals surface area contributed by atoms with E-state index in [0.717, 1.165) is 23.5 Å². The summed E-state index contributed by atoms with van der Waals surface area (Å²) in [6.07, 6.45) is 1.73. The van der Waals surface area contributed by atoms with Crippen LogP contribution in [-0.2, 0) is 0 Å². The summed E-state index contributed by atoms with van der Waals surface area (Å²) in [4.78, 5) is 29.5. The number of carbonyl (C=O) groups excluding carboxylic acids is 1. The lowest BCUT2D eigenvalue weighted by Gasteiger charge is -2.23. The van der Waals surface area contributed by atoms with E-state index in [4.69, 9.17) is 0 Å². The highest BCUT2D eigenvalue weighted by molar-refractivity contribution is 7.09. The van der Waals surface area contributed by atoms with Gasteiger partial charge in [0, 0.05) is 23.7 Å². The van der Waals surface area contributed by atoms with Crippen LogP contribution in [0.3, 0.4) is 0 Å². The largest absolute Gasteiger partial charge is 0.329 e. The second-order valence-electron chi connectivity index (χ2n) is 5.26. The molecule has 2 aromatic rings. The average Bonchev–Trinajstić information content (AvgIpc) is 3.14. The number of nitro benzene ring substituents is 1. The number of aryl methyl sites for hydroxylation is 1. The third-order valence-corrected chi connectivity index (χ3v) is 4.83. The molecule has 7 heteroatoms. The monoisotopic (exact) mass is 317 g/mol. The van der Waals surface area contributed by atoms with Crippen molar-refractivity contribution in [1.29, 1.82) is 0 Å². The van der Waals surface area contributed by atoms with Crippen LogP contribution < -0.4 is 0 Å². The zero-order valence-electron chi connectivity index (χ0n) is 12.1. The molecule has 2 heterocycles. The van der Waals surface area contributed by atoms with E-state index in [2.05, 4.69) is 4.98 Å². The van der Waals surface area contributed by atoms with E-state index in [0.29, 0.717) is 6.54 Å². The second-order valence-corrected chi connectivity index (χ2v) is 6.15. The van der Waals surface area contributed by atoms with Gasteiger partial charge in [-0.3, -0.25) is 14.9 Å². The predicted molar refractivity (Wildman–Crippen MR) is 83.0 cm³/mol. The molecule has 22 heavy (non-hydrogen) atoms. The Kier molecular flexibility index (Phi) is 3.89. The van der Waals surface area contributed by atoms with Crippen LogP contribution >= 0.6 is 11.3 Å². The molecule has 1 saturated heterocycles. The molecule has 1 aromatic heterocycles. The van der Waals surface area contributed by atoms with E-state index in [9.17, 15) is 14.9 Å². The van der Waals surface area contributed by atoms with Gasteiger partial charge in [0.2, 0.25) is 0 Å². The molecule has 0 aliphatic carbocycles. The number of nitro groups is 1. The molecule has 6 nitrogen and oxygen atoms in total. The molecule has 0 radical (unpaired) electrons. The normalized spacial score (nSPS) is 17.7. The summed E-state index contributed by atoms with van der Waals surface area (Å²) in [7, 11) is 0. The molecule has 0 N–H and O–H groups in total. The summed E-state index contributed by atoms with van der Waals surface area (Å²) in [5.41, 5.74) is 0.936. The van der Waals surface area contributed by atoms with Crippen molar-refractivity contribution in [2.75, 3.05) is 6.54 Å². The van der Waals surface area contributed by atoms with Gasteiger partial charge in [-0.15, -0.1) is 11.3 Å². The zero-order valence-corrected chi connectivity index (χ0v) is 12.9. The van der Waals surface area contributed by atoms with Crippen LogP contribution in [0, 0.1) is 17.0 Å². The maximum atomic E-state index is 12.8. The topological polar surface area (TPSA) is 76.3 Å². The van der Waals surface area contributed by atoms with Crippen molar-refractivity contribution >= 4 is 22.9 Å². The first-order chi connectivity index (χ1) is 10.6. The first-order valence-corrected chi connectivity index (χ1v) is 7.92. The van der Waals surface area contributed by atoms with Crippen LogP contribution in [0.25, 0.3) is 0 Å². The number of nitrogens with zero attached hydrogens (tertiary/aromatic N) is 3. The number of benzene rings is 1. The van der Waals surface area contributed by atoms with Gasteiger partial charge in [-0.1, -0.05) is 12.1 Å². The van der Waals surface area contributed by atoms with Crippen molar-refractivity contribution in [3.8, 4) is 0 Å². The first-order valence-electron chi connectivity index (χ1n) is 7.04. The predicted octanol–water partition coefficient (Wildman–Crippen LogP) is 3.34. The standard InChI is InChI=1S/C15H15N3O3S/c1-10-9-22-14(16-10)13-7-4-8-17(13)15(19)11-5-2-3-6-12(11)18(20)21/h2-3,5-6,9,13H,4,7-8H2,1H3/t13-/m1/s1. The van der Waals surface area contributed by atoms with Gasteiger partial charge in [0.25, 0.3) is 11.6 Å². The molecule has 0 spiro atoms. The number of amides is 1. The van der Waals surface area contributed by atoms with Crippen LogP contribution in [0.1, 0.15) is 39.9 Å². The van der Waals surface area contributed by atoms with Gasteiger partial charge in [-0.25, -0.2) is 4.98 Å². The first kappa shape index (κ1) is 14.6. The lowest BCUT2D eigenvalue weighted by molar-refractivity contribution is -0.385. The van der Waals surface area contributed by atoms with Gasteiger partial charge in [-0.2, -0.15) is 0 Å². The molecular formula is C15H15N3O3S. The number of rotatable bonds is 3. The maximum absolute atomic E-state index is 12.8. The smallest absolute Gasteiger partial charge is 0.282 e. The Morgan fingerprint density at radius 1 is 1.45 bits per heavy atom. The third kappa shape index (κ3) is 2.59. The lowest BCUT2D eigenvalue weighted by atomic mass is 10.1. The van der Waals surface area contributed by atoms with Gasteiger partial charge in [0.05, 0.1) is 11.0 Å². The number of likely N-dealkylation sites (tertiary alicyclic amines) is 1. The van der Waals surface area contributed by atoms with Gasteiger partial charge in [0.15, 0.2) is 0 Å². The van der Waals surface area contributed by atoms with Gasteiger partial charge < -0.3 is 4.90 Å². The summed E-state index contributed by atoms with van der Waals surface area (Å²) in [6.45, 7) is 2.53. The fourth-order valence-electron chi connectivity index (χ4n) is 2.76. The molecule has 1 aromatic carbocycles. The Balaban J connectivity index is 1.93. The second kappa shape index (κ2) is 5.84. The molecule has 3 rings (SSSR count). The zero-order chi connectivity index (χ0) is 15.7. The van der Waals surface area contributed by atoms with Gasteiger partial charge in [-0.05, 0) is 25.8 Å². The molecule has 0 bridgehead atoms. The van der Waals surface area contributed by atoms with Crippen LogP contribution in [0.5, 0.6) is 0 Å². The fourth-order valence-corrected chi connectivity index (χ4v) is 3.70. The molecule has 0 saturated carbocycles. The minimum atomic E-state index is -0.508. The molecule has 1 aliphatic rings. The quantitative estimate of drug-likeness (QED) is 0.642. The van der Waals surface area contributed by atoms with Crippen molar-refractivity contribution in [2.24, 2.45) is 0 Å². The SMILES string of the molecule is Cc1csc([C@H]2CCCN2C(=O)c2ccccc2[N+](=O)[O-])n1. The summed E-state index contributed by atoms with van der Waals surface area (Å²) < 4.78 is 0. The van der Waals surface area contributed by atoms with E-state index in [-0.39, 0.29) is 23.2 Å². The molecular weight excluding hydrogens is 302 g/mol. The van der Waals surface area contributed by atoms with Crippen molar-refractivity contribution in [1.82, 2.24) is 9.88 Å². The van der Waals surface area contributed by atoms with E-state index >= 15 is 0 Å². The van der Waals surface area contributed by atoms with E-state index in [1.54, 1.807) is 17.0 Å². The number of para-hydroxylation sites is 1. The Morgan fingerprint density at radius 3 is 2.91 bits per heavy atom. The van der Waals surface area contributed by atoms with Crippen molar-refractivity contribution in [3.05, 3.63) is 56.0 Å². The number of carbonyl (C=O) groups is 1. The molecule has 1 atom stereocenters. The van der Waals surface area contributed by atoms with Gasteiger partial charge >= 0.3 is 0 Å². The Morgan fingerprint density at radius 2 is 2.23 bits per heavy atom. The average molecular weight is 317 g/mol. The number of hydrogen-bond acceptors (Lipinski definition) is 5. The number of aromatic nitrogens is 1. The summed E-state index contributed by atoms with van der Waals surface area (Å²) >= 11 is 1.53. The molecule has 1 amide bonds. The molecule has 1 aliphatic heterocycles. The Hall–Kier alpha value is -2.28. The minimum Gasteiger partial charge on any atom is -0.329 e. The summed E-state index contributed by atoms with van der Waals surface area (Å²) in [5.74, 6) is -0.289. The minimum absolute atomic E-state index is 0.0778.